The fourth-order valence-corrected chi connectivity index (χ4v) is 4.32. The van der Waals surface area contributed by atoms with Gasteiger partial charge in [0.1, 0.15) is 17.9 Å². The molecule has 0 aliphatic carbocycles. The summed E-state index contributed by atoms with van der Waals surface area (Å²) in [4.78, 5) is 29.1. The first-order chi connectivity index (χ1) is 14.2. The minimum Gasteiger partial charge on any atom is -0.351 e. The second kappa shape index (κ2) is 9.04. The topological polar surface area (TPSA) is 120 Å². The van der Waals surface area contributed by atoms with Gasteiger partial charge in [-0.05, 0) is 42.3 Å². The van der Waals surface area contributed by atoms with Crippen LogP contribution >= 0.6 is 11.6 Å². The highest BCUT2D eigenvalue weighted by molar-refractivity contribution is 7.87. The second-order valence-corrected chi connectivity index (χ2v) is 8.80. The number of rotatable bonds is 5. The van der Waals surface area contributed by atoms with Crippen molar-refractivity contribution in [1.82, 2.24) is 19.3 Å². The highest BCUT2D eigenvalue weighted by Gasteiger charge is 2.42. The summed E-state index contributed by atoms with van der Waals surface area (Å²) in [5.41, 5.74) is 0.992. The molecule has 160 valence electrons. The average Bonchev–Trinajstić information content (AvgIpc) is 2.71. The molecule has 0 spiro atoms. The van der Waals surface area contributed by atoms with E-state index in [4.69, 9.17) is 11.6 Å². The number of benzene rings is 1. The molecule has 30 heavy (non-hydrogen) atoms. The van der Waals surface area contributed by atoms with Gasteiger partial charge in [0, 0.05) is 31.7 Å². The molecule has 2 atom stereocenters. The molecule has 1 aromatic heterocycles. The fraction of sp³-hybridized carbons (Fsp3) is 0.278. The summed E-state index contributed by atoms with van der Waals surface area (Å²) in [6.45, 7) is 0.181. The van der Waals surface area contributed by atoms with Crippen LogP contribution in [0, 0.1) is 5.82 Å². The first kappa shape index (κ1) is 22.1. The lowest BCUT2D eigenvalue weighted by atomic mass is 10.1. The molecule has 0 bridgehead atoms. The molecule has 2 aromatic rings. The van der Waals surface area contributed by atoms with Gasteiger partial charge in [0.25, 0.3) is 10.2 Å². The van der Waals surface area contributed by atoms with Crippen LogP contribution in [-0.4, -0.2) is 48.7 Å². The van der Waals surface area contributed by atoms with E-state index in [-0.39, 0.29) is 23.7 Å². The summed E-state index contributed by atoms with van der Waals surface area (Å²) in [6, 6.07) is 4.72. The van der Waals surface area contributed by atoms with Gasteiger partial charge < -0.3 is 10.6 Å². The second-order valence-electron chi connectivity index (χ2n) is 6.63. The van der Waals surface area contributed by atoms with E-state index in [1.165, 1.54) is 19.2 Å². The van der Waals surface area contributed by atoms with Gasteiger partial charge in [0.15, 0.2) is 0 Å². The van der Waals surface area contributed by atoms with Crippen molar-refractivity contribution in [3.63, 3.8) is 0 Å². The van der Waals surface area contributed by atoms with Crippen LogP contribution in [-0.2, 0) is 26.3 Å². The Kier molecular flexibility index (Phi) is 6.66. The summed E-state index contributed by atoms with van der Waals surface area (Å²) in [5, 5.41) is 4.96. The average molecular weight is 456 g/mol. The van der Waals surface area contributed by atoms with E-state index in [0.717, 1.165) is 15.9 Å². The quantitative estimate of drug-likeness (QED) is 0.622. The zero-order valence-corrected chi connectivity index (χ0v) is 17.4. The van der Waals surface area contributed by atoms with Crippen molar-refractivity contribution >= 4 is 39.3 Å². The minimum atomic E-state index is -4.07. The van der Waals surface area contributed by atoms with Crippen molar-refractivity contribution < 1.29 is 22.4 Å². The summed E-state index contributed by atoms with van der Waals surface area (Å²) < 4.78 is 41.2. The van der Waals surface area contributed by atoms with Crippen molar-refractivity contribution in [3.05, 3.63) is 59.1 Å². The number of halogens is 2. The van der Waals surface area contributed by atoms with Crippen LogP contribution in [0.15, 0.2) is 42.7 Å². The third-order valence-electron chi connectivity index (χ3n) is 4.59. The zero-order chi connectivity index (χ0) is 21.9. The van der Waals surface area contributed by atoms with E-state index in [2.05, 4.69) is 20.3 Å². The maximum Gasteiger partial charge on any atom is 0.280 e. The number of hydrogen-bond acceptors (Lipinski definition) is 5. The Hall–Kier alpha value is -2.60. The molecule has 0 radical (unpaired) electrons. The minimum absolute atomic E-state index is 0.0985. The van der Waals surface area contributed by atoms with Crippen LogP contribution in [0.5, 0.6) is 0 Å². The lowest BCUT2D eigenvalue weighted by Crippen LogP contribution is -2.62. The SMILES string of the molecule is CN1C(C(=O)Nc2ccc(F)c(Cl)c2)CC(C(=O)NCc2ccncc2)NS1(=O)=O. The van der Waals surface area contributed by atoms with Gasteiger partial charge in [-0.1, -0.05) is 11.6 Å². The molecule has 1 fully saturated rings. The molecule has 1 aromatic carbocycles. The van der Waals surface area contributed by atoms with Crippen LogP contribution in [0.2, 0.25) is 5.02 Å². The third-order valence-corrected chi connectivity index (χ3v) is 6.48. The van der Waals surface area contributed by atoms with Gasteiger partial charge in [0.2, 0.25) is 11.8 Å². The first-order valence-electron chi connectivity index (χ1n) is 8.85. The van der Waals surface area contributed by atoms with E-state index in [9.17, 15) is 22.4 Å². The molecular weight excluding hydrogens is 437 g/mol. The van der Waals surface area contributed by atoms with Crippen molar-refractivity contribution in [2.75, 3.05) is 12.4 Å². The number of carbonyl (C=O) groups excluding carboxylic acids is 2. The number of carbonyl (C=O) groups is 2. The highest BCUT2D eigenvalue weighted by Crippen LogP contribution is 2.22. The summed E-state index contributed by atoms with van der Waals surface area (Å²) in [5.74, 6) is -1.88. The van der Waals surface area contributed by atoms with Crippen LogP contribution in [0.4, 0.5) is 10.1 Å². The Balaban J connectivity index is 1.71. The van der Waals surface area contributed by atoms with Gasteiger partial charge in [-0.25, -0.2) is 4.39 Å². The Labute approximate surface area is 177 Å². The zero-order valence-electron chi connectivity index (χ0n) is 15.8. The van der Waals surface area contributed by atoms with E-state index in [0.29, 0.717) is 0 Å². The molecule has 3 rings (SSSR count). The summed E-state index contributed by atoms with van der Waals surface area (Å²) >= 11 is 5.71. The molecule has 1 aliphatic heterocycles. The van der Waals surface area contributed by atoms with Gasteiger partial charge in [-0.15, -0.1) is 0 Å². The Morgan fingerprint density at radius 3 is 2.63 bits per heavy atom. The molecule has 1 aliphatic rings. The number of aromatic nitrogens is 1. The monoisotopic (exact) mass is 455 g/mol. The molecule has 2 unspecified atom stereocenters. The highest BCUT2D eigenvalue weighted by atomic mass is 35.5. The van der Waals surface area contributed by atoms with Crippen molar-refractivity contribution in [2.24, 2.45) is 0 Å². The van der Waals surface area contributed by atoms with Crippen LogP contribution in [0.25, 0.3) is 0 Å². The molecule has 3 N–H and O–H groups in total. The predicted molar refractivity (Wildman–Crippen MR) is 108 cm³/mol. The Morgan fingerprint density at radius 2 is 1.97 bits per heavy atom. The molecule has 1 saturated heterocycles. The Morgan fingerprint density at radius 1 is 1.27 bits per heavy atom. The summed E-state index contributed by atoms with van der Waals surface area (Å²) in [7, 11) is -2.84. The largest absolute Gasteiger partial charge is 0.351 e. The van der Waals surface area contributed by atoms with Gasteiger partial charge >= 0.3 is 0 Å². The maximum atomic E-state index is 13.3. The first-order valence-corrected chi connectivity index (χ1v) is 10.7. The number of amides is 2. The number of likely N-dealkylation sites (N-methyl/N-ethyl adjacent to an activating group) is 1. The number of anilines is 1. The molecular formula is C18H19ClFN5O4S. The molecule has 12 heteroatoms. The number of nitrogens with zero attached hydrogens (tertiary/aromatic N) is 2. The maximum absolute atomic E-state index is 13.3. The molecule has 2 amide bonds. The van der Waals surface area contributed by atoms with Crippen LogP contribution in [0.1, 0.15) is 12.0 Å². The van der Waals surface area contributed by atoms with Gasteiger partial charge in [-0.3, -0.25) is 14.6 Å². The standard InChI is InChI=1S/C18H19ClFN5O4S/c1-25-16(18(27)23-12-2-3-14(20)13(19)8-12)9-15(24-30(25,28)29)17(26)22-10-11-4-6-21-7-5-11/h2-8,15-16,24H,9-10H2,1H3,(H,22,26)(H,23,27). The van der Waals surface area contributed by atoms with Crippen molar-refractivity contribution in [3.8, 4) is 0 Å². The van der Waals surface area contributed by atoms with Crippen molar-refractivity contribution in [1.29, 1.82) is 0 Å². The van der Waals surface area contributed by atoms with Gasteiger partial charge in [-0.2, -0.15) is 17.4 Å². The number of pyridine rings is 1. The van der Waals surface area contributed by atoms with E-state index < -0.39 is 39.9 Å². The van der Waals surface area contributed by atoms with Gasteiger partial charge in [0.05, 0.1) is 5.02 Å². The fourth-order valence-electron chi connectivity index (χ4n) is 2.90. The normalized spacial score (nSPS) is 21.0. The van der Waals surface area contributed by atoms with Crippen LogP contribution < -0.4 is 15.4 Å². The lowest BCUT2D eigenvalue weighted by Gasteiger charge is -2.35. The molecule has 9 nitrogen and oxygen atoms in total. The van der Waals surface area contributed by atoms with E-state index in [1.807, 2.05) is 0 Å². The molecule has 2 heterocycles. The van der Waals surface area contributed by atoms with Crippen molar-refractivity contribution in [2.45, 2.75) is 25.0 Å². The lowest BCUT2D eigenvalue weighted by molar-refractivity contribution is -0.124. The Bertz CT molecular complexity index is 1050. The van der Waals surface area contributed by atoms with E-state index in [1.54, 1.807) is 24.5 Å². The third kappa shape index (κ3) is 5.11. The smallest absolute Gasteiger partial charge is 0.280 e. The summed E-state index contributed by atoms with van der Waals surface area (Å²) in [6.07, 6.45) is 3.04. The van der Waals surface area contributed by atoms with Crippen LogP contribution in [0.3, 0.4) is 0 Å². The predicted octanol–water partition coefficient (Wildman–Crippen LogP) is 1.04. The van der Waals surface area contributed by atoms with E-state index >= 15 is 0 Å². The number of nitrogens with one attached hydrogen (secondary N) is 3. The molecule has 0 saturated carbocycles. The number of hydrogen-bond donors (Lipinski definition) is 3.